The van der Waals surface area contributed by atoms with Gasteiger partial charge in [0, 0.05) is 0 Å². The number of rotatable bonds is 5. The first-order valence-electron chi connectivity index (χ1n) is 6.22. The molecule has 0 aliphatic heterocycles. The van der Waals surface area contributed by atoms with Crippen molar-refractivity contribution in [2.45, 2.75) is 45.6 Å². The zero-order valence-corrected chi connectivity index (χ0v) is 10.3. The fourth-order valence-corrected chi connectivity index (χ4v) is 2.33. The van der Waals surface area contributed by atoms with E-state index in [0.717, 1.165) is 12.3 Å². The maximum absolute atomic E-state index is 5.47. The average molecular weight is 219 g/mol. The summed E-state index contributed by atoms with van der Waals surface area (Å²) in [7, 11) is 0. The van der Waals surface area contributed by atoms with Gasteiger partial charge in [-0.1, -0.05) is 11.6 Å². The molecule has 1 aliphatic rings. The molecule has 0 bridgehead atoms. The monoisotopic (exact) mass is 219 g/mol. The zero-order chi connectivity index (χ0) is 11.4. The fraction of sp³-hybridized carbons (Fsp3) is 0.571. The maximum Gasteiger partial charge on any atom is 0.123 e. The number of hydrogen-bond acceptors (Lipinski definition) is 2. The van der Waals surface area contributed by atoms with Crippen LogP contribution in [0.5, 0.6) is 0 Å². The Balaban J connectivity index is 1.75. The quantitative estimate of drug-likeness (QED) is 0.763. The molecule has 16 heavy (non-hydrogen) atoms. The fourth-order valence-electron chi connectivity index (χ4n) is 2.33. The second-order valence-corrected chi connectivity index (χ2v) is 4.65. The van der Waals surface area contributed by atoms with Gasteiger partial charge in [0.25, 0.3) is 0 Å². The molecular formula is C14H21NO. The Morgan fingerprint density at radius 3 is 3.00 bits per heavy atom. The number of furan rings is 1. The lowest BCUT2D eigenvalue weighted by atomic mass is 10.1. The first-order valence-corrected chi connectivity index (χ1v) is 6.22. The molecule has 0 saturated carbocycles. The summed E-state index contributed by atoms with van der Waals surface area (Å²) < 4.78 is 5.47. The average Bonchev–Trinajstić information content (AvgIpc) is 2.88. The standard InChI is InChI=1S/C14H21NO/c1-11-8-10-16-14(11)12(2)15-9-7-13-5-3-4-6-13/h5,8,10,12,15H,3-4,6-7,9H2,1-2H3. The van der Waals surface area contributed by atoms with Gasteiger partial charge in [-0.3, -0.25) is 0 Å². The van der Waals surface area contributed by atoms with Crippen LogP contribution in [0, 0.1) is 6.92 Å². The Hall–Kier alpha value is -1.02. The number of allylic oxidation sites excluding steroid dienone is 1. The SMILES string of the molecule is Cc1ccoc1C(C)NCCC1=CCCC1. The number of hydrogen-bond donors (Lipinski definition) is 1. The minimum Gasteiger partial charge on any atom is -0.467 e. The van der Waals surface area contributed by atoms with Crippen molar-refractivity contribution in [3.05, 3.63) is 35.3 Å². The lowest BCUT2D eigenvalue weighted by Gasteiger charge is -2.12. The summed E-state index contributed by atoms with van der Waals surface area (Å²) in [6, 6.07) is 2.34. The van der Waals surface area contributed by atoms with Gasteiger partial charge >= 0.3 is 0 Å². The highest BCUT2D eigenvalue weighted by atomic mass is 16.3. The topological polar surface area (TPSA) is 25.2 Å². The van der Waals surface area contributed by atoms with Gasteiger partial charge in [0.05, 0.1) is 12.3 Å². The van der Waals surface area contributed by atoms with Crippen LogP contribution in [-0.4, -0.2) is 6.54 Å². The summed E-state index contributed by atoms with van der Waals surface area (Å²) in [5.41, 5.74) is 2.86. The molecule has 0 aromatic carbocycles. The van der Waals surface area contributed by atoms with Crippen molar-refractivity contribution in [2.24, 2.45) is 0 Å². The second-order valence-electron chi connectivity index (χ2n) is 4.65. The molecule has 88 valence electrons. The highest BCUT2D eigenvalue weighted by molar-refractivity contribution is 5.17. The molecule has 1 aromatic rings. The van der Waals surface area contributed by atoms with E-state index in [9.17, 15) is 0 Å². The Morgan fingerprint density at radius 1 is 1.50 bits per heavy atom. The van der Waals surface area contributed by atoms with E-state index in [1.165, 1.54) is 31.2 Å². The van der Waals surface area contributed by atoms with Crippen LogP contribution in [0.1, 0.15) is 50.0 Å². The van der Waals surface area contributed by atoms with Crippen LogP contribution in [0.25, 0.3) is 0 Å². The van der Waals surface area contributed by atoms with Gasteiger partial charge in [0.1, 0.15) is 5.76 Å². The minimum absolute atomic E-state index is 0.317. The molecule has 0 spiro atoms. The molecule has 2 rings (SSSR count). The summed E-state index contributed by atoms with van der Waals surface area (Å²) in [4.78, 5) is 0. The smallest absolute Gasteiger partial charge is 0.123 e. The van der Waals surface area contributed by atoms with Gasteiger partial charge in [0.15, 0.2) is 0 Å². The molecular weight excluding hydrogens is 198 g/mol. The third-order valence-corrected chi connectivity index (χ3v) is 3.33. The van der Waals surface area contributed by atoms with E-state index < -0.39 is 0 Å². The minimum atomic E-state index is 0.317. The third-order valence-electron chi connectivity index (χ3n) is 3.33. The largest absolute Gasteiger partial charge is 0.467 e. The van der Waals surface area contributed by atoms with E-state index in [2.05, 4.69) is 25.2 Å². The Labute approximate surface area is 97.7 Å². The molecule has 1 aromatic heterocycles. The lowest BCUT2D eigenvalue weighted by molar-refractivity contribution is 0.429. The number of nitrogens with one attached hydrogen (secondary N) is 1. The van der Waals surface area contributed by atoms with Crippen LogP contribution in [0.3, 0.4) is 0 Å². The van der Waals surface area contributed by atoms with Crippen molar-refractivity contribution in [2.75, 3.05) is 6.54 Å². The van der Waals surface area contributed by atoms with Gasteiger partial charge in [-0.15, -0.1) is 0 Å². The van der Waals surface area contributed by atoms with Crippen molar-refractivity contribution in [3.63, 3.8) is 0 Å². The highest BCUT2D eigenvalue weighted by Crippen LogP contribution is 2.21. The summed E-state index contributed by atoms with van der Waals surface area (Å²) in [6.45, 7) is 5.30. The van der Waals surface area contributed by atoms with E-state index in [1.807, 2.05) is 6.07 Å². The lowest BCUT2D eigenvalue weighted by Crippen LogP contribution is -2.20. The van der Waals surface area contributed by atoms with Gasteiger partial charge in [-0.25, -0.2) is 0 Å². The van der Waals surface area contributed by atoms with Crippen molar-refractivity contribution in [3.8, 4) is 0 Å². The molecule has 0 radical (unpaired) electrons. The molecule has 0 amide bonds. The molecule has 2 nitrogen and oxygen atoms in total. The van der Waals surface area contributed by atoms with Gasteiger partial charge < -0.3 is 9.73 Å². The summed E-state index contributed by atoms with van der Waals surface area (Å²) >= 11 is 0. The molecule has 1 atom stereocenters. The normalized spacial score (nSPS) is 17.5. The highest BCUT2D eigenvalue weighted by Gasteiger charge is 2.11. The number of aryl methyl sites for hydroxylation is 1. The van der Waals surface area contributed by atoms with Crippen LogP contribution in [0.2, 0.25) is 0 Å². The Bertz CT molecular complexity index is 365. The molecule has 1 aliphatic carbocycles. The van der Waals surface area contributed by atoms with E-state index >= 15 is 0 Å². The van der Waals surface area contributed by atoms with Gasteiger partial charge in [-0.2, -0.15) is 0 Å². The summed E-state index contributed by atoms with van der Waals surface area (Å²) in [5, 5.41) is 3.52. The Morgan fingerprint density at radius 2 is 2.38 bits per heavy atom. The Kier molecular flexibility index (Phi) is 3.83. The van der Waals surface area contributed by atoms with Crippen LogP contribution < -0.4 is 5.32 Å². The summed E-state index contributed by atoms with van der Waals surface area (Å²) in [6.07, 6.45) is 9.27. The predicted octanol–water partition coefficient (Wildman–Crippen LogP) is 3.74. The molecule has 0 saturated heterocycles. The van der Waals surface area contributed by atoms with E-state index in [0.29, 0.717) is 6.04 Å². The van der Waals surface area contributed by atoms with Crippen LogP contribution in [0.4, 0.5) is 0 Å². The van der Waals surface area contributed by atoms with E-state index in [4.69, 9.17) is 4.42 Å². The van der Waals surface area contributed by atoms with Crippen molar-refractivity contribution < 1.29 is 4.42 Å². The van der Waals surface area contributed by atoms with Crippen molar-refractivity contribution in [1.82, 2.24) is 5.32 Å². The molecule has 2 heteroatoms. The van der Waals surface area contributed by atoms with Crippen LogP contribution in [0.15, 0.2) is 28.4 Å². The first kappa shape index (κ1) is 11.5. The molecule has 0 fully saturated rings. The molecule has 1 N–H and O–H groups in total. The predicted molar refractivity (Wildman–Crippen MR) is 66.4 cm³/mol. The molecule has 1 heterocycles. The van der Waals surface area contributed by atoms with Crippen molar-refractivity contribution in [1.29, 1.82) is 0 Å². The van der Waals surface area contributed by atoms with Crippen LogP contribution >= 0.6 is 0 Å². The molecule has 1 unspecified atom stereocenters. The summed E-state index contributed by atoms with van der Waals surface area (Å²) in [5.74, 6) is 1.07. The van der Waals surface area contributed by atoms with Crippen molar-refractivity contribution >= 4 is 0 Å². The van der Waals surface area contributed by atoms with Crippen LogP contribution in [-0.2, 0) is 0 Å². The third kappa shape index (κ3) is 2.76. The van der Waals surface area contributed by atoms with Gasteiger partial charge in [-0.05, 0) is 57.7 Å². The maximum atomic E-state index is 5.47. The van der Waals surface area contributed by atoms with E-state index in [1.54, 1.807) is 11.8 Å². The zero-order valence-electron chi connectivity index (χ0n) is 10.3. The second kappa shape index (κ2) is 5.35. The van der Waals surface area contributed by atoms with Gasteiger partial charge in [0.2, 0.25) is 0 Å². The first-order chi connectivity index (χ1) is 7.77. The van der Waals surface area contributed by atoms with E-state index in [-0.39, 0.29) is 0 Å².